The minimum atomic E-state index is -0.359. The number of quaternary nitrogens is 2. The first-order valence-electron chi connectivity index (χ1n) is 11.0. The van der Waals surface area contributed by atoms with Crippen LogP contribution in [0.4, 0.5) is 10.1 Å². The van der Waals surface area contributed by atoms with E-state index in [0.29, 0.717) is 24.2 Å². The molecule has 0 radical (unpaired) electrons. The Bertz CT molecular complexity index is 706. The van der Waals surface area contributed by atoms with Crippen LogP contribution < -0.4 is 20.4 Å². The van der Waals surface area contributed by atoms with Gasteiger partial charge in [0.15, 0.2) is 12.6 Å². The summed E-state index contributed by atoms with van der Waals surface area (Å²) in [4.78, 5) is 27.5. The first-order valence-corrected chi connectivity index (χ1v) is 11.0. The normalized spacial score (nSPS) is 28.4. The van der Waals surface area contributed by atoms with E-state index in [2.05, 4.69) is 17.6 Å². The van der Waals surface area contributed by atoms with E-state index in [1.807, 2.05) is 6.92 Å². The standard InChI is InChI=1S/C22H33FN4O2/c1-16-6-3-4-9-20(16)25-22(29)17(2)27-12-10-26(11-13-27)15-21(28)24-19-8-5-7-18(23)14-19/h5,7-8,14,16-17,20H,3-4,6,9-13,15H2,1-2H3,(H,24,28)(H,25,29)/p+2/t16-,17-,20-/m1/s1. The van der Waals surface area contributed by atoms with Gasteiger partial charge in [-0.1, -0.05) is 25.8 Å². The highest BCUT2D eigenvalue weighted by Crippen LogP contribution is 2.23. The molecule has 1 aliphatic heterocycles. The maximum Gasteiger partial charge on any atom is 0.279 e. The Balaban J connectivity index is 1.41. The van der Waals surface area contributed by atoms with Crippen LogP contribution in [0.3, 0.4) is 0 Å². The summed E-state index contributed by atoms with van der Waals surface area (Å²) in [5.41, 5.74) is 0.487. The second-order valence-electron chi connectivity index (χ2n) is 8.74. The third-order valence-electron chi connectivity index (χ3n) is 6.56. The van der Waals surface area contributed by atoms with Crippen molar-refractivity contribution in [3.63, 3.8) is 0 Å². The van der Waals surface area contributed by atoms with Crippen LogP contribution in [0.25, 0.3) is 0 Å². The van der Waals surface area contributed by atoms with Gasteiger partial charge in [-0.3, -0.25) is 9.59 Å². The molecule has 2 amide bonds. The maximum atomic E-state index is 13.2. The van der Waals surface area contributed by atoms with Crippen molar-refractivity contribution in [2.75, 3.05) is 38.0 Å². The number of piperazine rings is 1. The summed E-state index contributed by atoms with van der Waals surface area (Å²) < 4.78 is 13.2. The van der Waals surface area contributed by atoms with Crippen LogP contribution in [0.5, 0.6) is 0 Å². The van der Waals surface area contributed by atoms with Crippen molar-refractivity contribution in [2.24, 2.45) is 5.92 Å². The topological polar surface area (TPSA) is 67.1 Å². The van der Waals surface area contributed by atoms with Gasteiger partial charge >= 0.3 is 0 Å². The second-order valence-corrected chi connectivity index (χ2v) is 8.74. The molecule has 2 fully saturated rings. The molecule has 1 aromatic carbocycles. The number of amides is 2. The molecule has 0 aromatic heterocycles. The van der Waals surface area contributed by atoms with Gasteiger partial charge in [0.2, 0.25) is 0 Å². The molecule has 1 aromatic rings. The molecule has 1 aliphatic carbocycles. The maximum absolute atomic E-state index is 13.2. The fourth-order valence-electron chi connectivity index (χ4n) is 4.56. The van der Waals surface area contributed by atoms with Gasteiger partial charge in [-0.15, -0.1) is 0 Å². The van der Waals surface area contributed by atoms with Crippen molar-refractivity contribution in [3.05, 3.63) is 30.1 Å². The number of nitrogens with one attached hydrogen (secondary N) is 4. The van der Waals surface area contributed by atoms with Crippen LogP contribution in [-0.4, -0.2) is 56.6 Å². The molecule has 3 atom stereocenters. The second kappa shape index (κ2) is 10.2. The molecule has 0 unspecified atom stereocenters. The monoisotopic (exact) mass is 406 g/mol. The van der Waals surface area contributed by atoms with Crippen molar-refractivity contribution in [1.29, 1.82) is 0 Å². The minimum absolute atomic E-state index is 0.0632. The number of carbonyl (C=O) groups is 2. The number of rotatable bonds is 6. The largest absolute Gasteiger partial charge is 0.348 e. The smallest absolute Gasteiger partial charge is 0.279 e. The predicted molar refractivity (Wildman–Crippen MR) is 110 cm³/mol. The van der Waals surface area contributed by atoms with E-state index < -0.39 is 0 Å². The summed E-state index contributed by atoms with van der Waals surface area (Å²) in [6, 6.07) is 6.20. The van der Waals surface area contributed by atoms with Gasteiger partial charge in [-0.25, -0.2) is 4.39 Å². The highest BCUT2D eigenvalue weighted by Gasteiger charge is 2.33. The first kappa shape index (κ1) is 21.7. The summed E-state index contributed by atoms with van der Waals surface area (Å²) in [5.74, 6) is 0.257. The van der Waals surface area contributed by atoms with E-state index in [9.17, 15) is 14.0 Å². The van der Waals surface area contributed by atoms with E-state index in [1.54, 1.807) is 12.1 Å². The van der Waals surface area contributed by atoms with Crippen LogP contribution >= 0.6 is 0 Å². The zero-order chi connectivity index (χ0) is 20.8. The molecular formula is C22H35FN4O2+2. The predicted octanol–water partition coefficient (Wildman–Crippen LogP) is -0.369. The third-order valence-corrected chi connectivity index (χ3v) is 6.56. The number of benzene rings is 1. The van der Waals surface area contributed by atoms with Gasteiger partial charge < -0.3 is 20.4 Å². The summed E-state index contributed by atoms with van der Waals surface area (Å²) in [5, 5.41) is 6.04. The summed E-state index contributed by atoms with van der Waals surface area (Å²) in [6.45, 7) is 8.06. The summed E-state index contributed by atoms with van der Waals surface area (Å²) in [6.07, 6.45) is 4.77. The Hall–Kier alpha value is -1.99. The minimum Gasteiger partial charge on any atom is -0.348 e. The Labute approximate surface area is 172 Å². The third kappa shape index (κ3) is 6.24. The Morgan fingerprint density at radius 3 is 2.59 bits per heavy atom. The molecule has 0 spiro atoms. The number of carbonyl (C=O) groups excluding carboxylic acids is 2. The lowest BCUT2D eigenvalue weighted by molar-refractivity contribution is -1.01. The SMILES string of the molecule is C[C@@H]1CCCC[C@H]1NC(=O)[C@@H](C)[NH+]1CC[NH+](CC(=O)Nc2cccc(F)c2)CC1. The number of hydrogen-bond donors (Lipinski definition) is 4. The number of hydrogen-bond acceptors (Lipinski definition) is 2. The molecule has 29 heavy (non-hydrogen) atoms. The van der Waals surface area contributed by atoms with Crippen molar-refractivity contribution in [3.8, 4) is 0 Å². The van der Waals surface area contributed by atoms with Crippen molar-refractivity contribution in [2.45, 2.75) is 51.6 Å². The lowest BCUT2D eigenvalue weighted by atomic mass is 9.86. The Morgan fingerprint density at radius 1 is 1.17 bits per heavy atom. The highest BCUT2D eigenvalue weighted by molar-refractivity contribution is 5.91. The van der Waals surface area contributed by atoms with Crippen LogP contribution in [0.1, 0.15) is 39.5 Å². The fourth-order valence-corrected chi connectivity index (χ4v) is 4.56. The molecule has 1 saturated heterocycles. The van der Waals surface area contributed by atoms with Crippen LogP contribution in [-0.2, 0) is 9.59 Å². The van der Waals surface area contributed by atoms with Gasteiger partial charge in [0.1, 0.15) is 32.0 Å². The van der Waals surface area contributed by atoms with Gasteiger partial charge in [0.05, 0.1) is 0 Å². The molecule has 7 heteroatoms. The zero-order valence-electron chi connectivity index (χ0n) is 17.6. The van der Waals surface area contributed by atoms with Gasteiger partial charge in [-0.2, -0.15) is 0 Å². The van der Waals surface area contributed by atoms with Gasteiger partial charge in [0, 0.05) is 11.7 Å². The molecule has 3 rings (SSSR count). The fraction of sp³-hybridized carbons (Fsp3) is 0.636. The van der Waals surface area contributed by atoms with Gasteiger partial charge in [0.25, 0.3) is 11.8 Å². The summed E-state index contributed by atoms with van der Waals surface area (Å²) >= 11 is 0. The highest BCUT2D eigenvalue weighted by atomic mass is 19.1. The average Bonchev–Trinajstić information content (AvgIpc) is 2.69. The van der Waals surface area contributed by atoms with Crippen molar-refractivity contribution < 1.29 is 23.8 Å². The first-order chi connectivity index (χ1) is 13.9. The average molecular weight is 407 g/mol. The summed E-state index contributed by atoms with van der Waals surface area (Å²) in [7, 11) is 0. The number of halogens is 1. The van der Waals surface area contributed by atoms with Gasteiger partial charge in [-0.05, 0) is 43.9 Å². The lowest BCUT2D eigenvalue weighted by Gasteiger charge is -2.34. The van der Waals surface area contributed by atoms with E-state index >= 15 is 0 Å². The van der Waals surface area contributed by atoms with E-state index in [0.717, 1.165) is 32.6 Å². The molecule has 1 heterocycles. The molecule has 1 saturated carbocycles. The molecule has 160 valence electrons. The lowest BCUT2D eigenvalue weighted by Crippen LogP contribution is -3.30. The Kier molecular flexibility index (Phi) is 7.61. The molecule has 0 bridgehead atoms. The van der Waals surface area contributed by atoms with Crippen LogP contribution in [0.15, 0.2) is 24.3 Å². The molecule has 6 nitrogen and oxygen atoms in total. The quantitative estimate of drug-likeness (QED) is 0.521. The van der Waals surface area contributed by atoms with E-state index in [4.69, 9.17) is 0 Å². The van der Waals surface area contributed by atoms with Crippen molar-refractivity contribution in [1.82, 2.24) is 5.32 Å². The van der Waals surface area contributed by atoms with E-state index in [1.165, 1.54) is 41.2 Å². The van der Waals surface area contributed by atoms with E-state index in [-0.39, 0.29) is 23.7 Å². The molecule has 2 aliphatic rings. The van der Waals surface area contributed by atoms with Crippen molar-refractivity contribution >= 4 is 17.5 Å². The van der Waals surface area contributed by atoms with Crippen LogP contribution in [0, 0.1) is 11.7 Å². The molecular weight excluding hydrogens is 371 g/mol. The molecule has 4 N–H and O–H groups in total. The van der Waals surface area contributed by atoms with Crippen LogP contribution in [0.2, 0.25) is 0 Å². The zero-order valence-corrected chi connectivity index (χ0v) is 17.6. The Morgan fingerprint density at radius 2 is 1.90 bits per heavy atom. The number of anilines is 1.